The van der Waals surface area contributed by atoms with Crippen LogP contribution in [0.5, 0.6) is 0 Å². The molecule has 0 spiro atoms. The zero-order valence-electron chi connectivity index (χ0n) is 33.4. The van der Waals surface area contributed by atoms with E-state index in [9.17, 15) is 9.59 Å². The van der Waals surface area contributed by atoms with Gasteiger partial charge in [0.15, 0.2) is 0 Å². The molecule has 308 valence electrons. The number of allylic oxidation sites excluding steroid dienone is 8. The molecule has 0 heterocycles. The first-order valence-electron chi connectivity index (χ1n) is 20.4. The number of benzene rings is 4. The molecule has 0 saturated carbocycles. The summed E-state index contributed by atoms with van der Waals surface area (Å²) in [6.07, 6.45) is 17.2. The molecule has 4 aromatic rings. The van der Waals surface area contributed by atoms with Gasteiger partial charge in [0.2, 0.25) is 0 Å². The van der Waals surface area contributed by atoms with Crippen molar-refractivity contribution in [2.75, 3.05) is 22.9 Å². The van der Waals surface area contributed by atoms with Gasteiger partial charge in [-0.05, 0) is 0 Å². The monoisotopic (exact) mass is 878 g/mol. The normalized spacial score (nSPS) is 13.5. The van der Waals surface area contributed by atoms with Gasteiger partial charge in [0.1, 0.15) is 0 Å². The van der Waals surface area contributed by atoms with Crippen molar-refractivity contribution in [3.05, 3.63) is 161 Å². The van der Waals surface area contributed by atoms with Crippen molar-refractivity contribution in [2.45, 2.75) is 78.1 Å². The minimum absolute atomic E-state index is 0.121. The first-order valence-corrected chi connectivity index (χ1v) is 24.3. The third-order valence-electron chi connectivity index (χ3n) is 11.1. The van der Waals surface area contributed by atoms with E-state index in [4.69, 9.17) is 23.2 Å². The molecule has 0 saturated heterocycles. The van der Waals surface area contributed by atoms with E-state index in [1.165, 1.54) is 21.9 Å². The zero-order chi connectivity index (χ0) is 42.1. The molecule has 2 aliphatic carbocycles. The van der Waals surface area contributed by atoms with Gasteiger partial charge >= 0.3 is 360 Å². The summed E-state index contributed by atoms with van der Waals surface area (Å²) < 4.78 is 70.6. The Labute approximate surface area is 358 Å². The summed E-state index contributed by atoms with van der Waals surface area (Å²) in [6.45, 7) is 4.35. The van der Waals surface area contributed by atoms with Gasteiger partial charge in [0, 0.05) is 0 Å². The molecule has 2 amide bonds. The molecule has 59 heavy (non-hydrogen) atoms. The van der Waals surface area contributed by atoms with Gasteiger partial charge < -0.3 is 0 Å². The number of unbranched alkanes of at least 4 members (excludes halogenated alkanes) is 6. The average molecular weight is 880 g/mol. The molecular formula is C48H48Cl2F4N2O2Ti. The van der Waals surface area contributed by atoms with E-state index in [0.717, 1.165) is 50.7 Å². The number of halogens is 6. The molecule has 0 radical (unpaired) electrons. The van der Waals surface area contributed by atoms with E-state index in [1.807, 2.05) is 12.2 Å². The van der Waals surface area contributed by atoms with Crippen LogP contribution < -0.4 is 17.5 Å². The number of amides is 2. The molecule has 0 unspecified atom stereocenters. The summed E-state index contributed by atoms with van der Waals surface area (Å²) in [6, 6.07) is 17.2. The van der Waals surface area contributed by atoms with Crippen molar-refractivity contribution in [1.82, 2.24) is 0 Å². The number of rotatable bonds is 18. The Bertz CT molecular complexity index is 2130. The fourth-order valence-corrected chi connectivity index (χ4v) is 16.7. The molecule has 0 aromatic heterocycles. The van der Waals surface area contributed by atoms with Crippen LogP contribution in [0.4, 0.5) is 28.9 Å². The van der Waals surface area contributed by atoms with Crippen LogP contribution in [0.3, 0.4) is 0 Å². The number of hydrogen-bond donors (Lipinski definition) is 0. The van der Waals surface area contributed by atoms with E-state index < -0.39 is 59.4 Å². The Hall–Kier alpha value is -4.21. The van der Waals surface area contributed by atoms with Crippen LogP contribution >= 0.6 is 23.2 Å². The summed E-state index contributed by atoms with van der Waals surface area (Å²) in [5, 5.41) is 0.837. The Kier molecular flexibility index (Phi) is 15.3. The van der Waals surface area contributed by atoms with E-state index in [1.54, 1.807) is 72.8 Å². The second kappa shape index (κ2) is 20.4. The van der Waals surface area contributed by atoms with Crippen LogP contribution in [0.2, 0.25) is 10.0 Å². The van der Waals surface area contributed by atoms with E-state index in [0.29, 0.717) is 30.6 Å². The molecule has 0 fully saturated rings. The predicted octanol–water partition coefficient (Wildman–Crippen LogP) is 12.8. The van der Waals surface area contributed by atoms with Crippen molar-refractivity contribution in [2.24, 2.45) is 0 Å². The standard InChI is InChI=1S/2C19H19ClF2NO.2C5H5.Ti/c2*1-2-3-4-5-12-23(18-11-10-16(21)13-17(18)22)19(24)14-6-8-15(20)9-7-14;2*1-2-4-5-3-1;/h2*6-11H,2-5,12H2,1H3;2*1-3H,4H2;. The second-order valence-corrected chi connectivity index (χ2v) is 21.7. The quantitative estimate of drug-likeness (QED) is 0.0568. The van der Waals surface area contributed by atoms with E-state index in [2.05, 4.69) is 13.8 Å². The molecule has 0 N–H and O–H groups in total. The third-order valence-corrected chi connectivity index (χ3v) is 19.6. The van der Waals surface area contributed by atoms with Crippen LogP contribution in [-0.2, 0) is 16.6 Å². The average Bonchev–Trinajstić information content (AvgIpc) is 3.98. The molecule has 2 aliphatic rings. The number of nitrogens with zero attached hydrogens (tertiary/aromatic N) is 2. The first kappa shape index (κ1) is 44.3. The number of hydrogen-bond acceptors (Lipinski definition) is 2. The molecule has 0 atom stereocenters. The maximum absolute atomic E-state index is 18.1. The van der Waals surface area contributed by atoms with Crippen molar-refractivity contribution < 1.29 is 43.7 Å². The van der Waals surface area contributed by atoms with Crippen LogP contribution in [0.25, 0.3) is 0 Å². The molecule has 4 nitrogen and oxygen atoms in total. The summed E-state index contributed by atoms with van der Waals surface area (Å²) in [7, 11) is 0. The Balaban J connectivity index is 1.61. The van der Waals surface area contributed by atoms with Crippen LogP contribution in [0.15, 0.2) is 117 Å². The van der Waals surface area contributed by atoms with Crippen LogP contribution in [0, 0.1) is 23.3 Å². The SMILES string of the molecule is CCCCCCN(C(=O)c1ccc(Cl)cc1)c1ccc(F)[c]([Ti]([C]2=CC=CC2)([C]2=CC=CC2)[c]2c(F)ccc(N(CCCCCC)C(=O)c3ccc(Cl)cc3)c2F)c1F. The van der Waals surface area contributed by atoms with Crippen LogP contribution in [0.1, 0.15) is 98.8 Å². The Morgan fingerprint density at radius 3 is 1.29 bits per heavy atom. The Morgan fingerprint density at radius 1 is 0.559 bits per heavy atom. The topological polar surface area (TPSA) is 40.6 Å². The van der Waals surface area contributed by atoms with Crippen LogP contribution in [-0.4, -0.2) is 24.9 Å². The van der Waals surface area contributed by atoms with Crippen molar-refractivity contribution in [3.63, 3.8) is 0 Å². The van der Waals surface area contributed by atoms with Gasteiger partial charge in [-0.1, -0.05) is 0 Å². The predicted molar refractivity (Wildman–Crippen MR) is 230 cm³/mol. The van der Waals surface area contributed by atoms with Gasteiger partial charge in [-0.15, -0.1) is 0 Å². The summed E-state index contributed by atoms with van der Waals surface area (Å²) in [5.74, 6) is -5.04. The Morgan fingerprint density at radius 2 is 0.949 bits per heavy atom. The molecule has 11 heteroatoms. The maximum atomic E-state index is 18.1. The number of anilines is 2. The van der Waals surface area contributed by atoms with E-state index in [-0.39, 0.29) is 48.4 Å². The fourth-order valence-electron chi connectivity index (χ4n) is 8.16. The summed E-state index contributed by atoms with van der Waals surface area (Å²) in [5.41, 5.74) is 0.141. The summed E-state index contributed by atoms with van der Waals surface area (Å²) in [4.78, 5) is 31.2. The van der Waals surface area contributed by atoms with Gasteiger partial charge in [0.05, 0.1) is 0 Å². The first-order chi connectivity index (χ1) is 28.5. The fraction of sp³-hybridized carbons (Fsp3) is 0.292. The van der Waals surface area contributed by atoms with Crippen molar-refractivity contribution in [3.8, 4) is 0 Å². The van der Waals surface area contributed by atoms with Gasteiger partial charge in [-0.2, -0.15) is 0 Å². The van der Waals surface area contributed by atoms with Crippen molar-refractivity contribution in [1.29, 1.82) is 0 Å². The second-order valence-electron chi connectivity index (χ2n) is 15.0. The van der Waals surface area contributed by atoms with E-state index >= 15 is 17.6 Å². The van der Waals surface area contributed by atoms with Gasteiger partial charge in [-0.3, -0.25) is 0 Å². The number of carbonyl (C=O) groups excluding carboxylic acids is 2. The van der Waals surface area contributed by atoms with Gasteiger partial charge in [-0.25, -0.2) is 0 Å². The molecule has 4 aromatic carbocycles. The van der Waals surface area contributed by atoms with Crippen molar-refractivity contribution >= 4 is 54.1 Å². The molecule has 6 rings (SSSR count). The third kappa shape index (κ3) is 9.42. The zero-order valence-corrected chi connectivity index (χ0v) is 36.4. The summed E-state index contributed by atoms with van der Waals surface area (Å²) >= 11 is 6.90. The number of carbonyl (C=O) groups is 2. The molecular weight excluding hydrogens is 831 g/mol. The molecule has 0 bridgehead atoms. The van der Waals surface area contributed by atoms with Gasteiger partial charge in [0.25, 0.3) is 0 Å². The minimum atomic E-state index is -5.39. The molecule has 0 aliphatic heterocycles.